The molecule has 0 amide bonds. The molecule has 0 radical (unpaired) electrons. The van der Waals surface area contributed by atoms with Gasteiger partial charge >= 0.3 is 0 Å². The van der Waals surface area contributed by atoms with Crippen molar-refractivity contribution in [3.05, 3.63) is 28.8 Å². The number of anilines is 1. The summed E-state index contributed by atoms with van der Waals surface area (Å²) in [5, 5.41) is 2.21. The Hall–Kier alpha value is -0.680. The van der Waals surface area contributed by atoms with Crippen molar-refractivity contribution in [1.29, 1.82) is 0 Å². The van der Waals surface area contributed by atoms with Crippen molar-refractivity contribution in [1.82, 2.24) is 0 Å². The molecule has 0 aliphatic heterocycles. The summed E-state index contributed by atoms with van der Waals surface area (Å²) in [5.41, 5.74) is 0.0990. The number of hydrogen-bond acceptors (Lipinski definition) is 1. The van der Waals surface area contributed by atoms with Gasteiger partial charge in [-0.3, -0.25) is 0 Å². The topological polar surface area (TPSA) is 12.0 Å². The molecule has 1 aliphatic carbocycles. The first-order valence-electron chi connectivity index (χ1n) is 5.64. The van der Waals surface area contributed by atoms with Crippen LogP contribution < -0.4 is 5.32 Å². The fourth-order valence-electron chi connectivity index (χ4n) is 2.08. The van der Waals surface area contributed by atoms with Crippen molar-refractivity contribution in [3.8, 4) is 0 Å². The van der Waals surface area contributed by atoms with E-state index in [1.54, 1.807) is 0 Å². The number of benzene rings is 1. The van der Waals surface area contributed by atoms with Crippen LogP contribution in [0.1, 0.15) is 12.8 Å². The van der Waals surface area contributed by atoms with Crippen LogP contribution in [-0.4, -0.2) is 13.0 Å². The minimum Gasteiger partial charge on any atom is -0.382 e. The Bertz CT molecular complexity index is 436. The van der Waals surface area contributed by atoms with Crippen LogP contribution in [0.25, 0.3) is 0 Å². The molecule has 1 saturated carbocycles. The molecule has 0 aromatic heterocycles. The highest BCUT2D eigenvalue weighted by atomic mass is 35.5. The number of nitrogens with one attached hydrogen (secondary N) is 1. The molecule has 0 heterocycles. The second-order valence-electron chi connectivity index (χ2n) is 4.54. The van der Waals surface area contributed by atoms with Crippen molar-refractivity contribution in [2.45, 2.75) is 19.3 Å². The third-order valence-electron chi connectivity index (χ3n) is 3.24. The third-order valence-corrected chi connectivity index (χ3v) is 3.59. The normalized spacial score (nSPS) is 21.8. The molecule has 1 fully saturated rings. The zero-order valence-electron chi connectivity index (χ0n) is 9.81. The largest absolute Gasteiger partial charge is 0.382 e. The van der Waals surface area contributed by atoms with Gasteiger partial charge < -0.3 is 5.32 Å². The van der Waals surface area contributed by atoms with Gasteiger partial charge in [-0.2, -0.15) is 0 Å². The molecule has 0 saturated heterocycles. The van der Waals surface area contributed by atoms with E-state index in [2.05, 4.69) is 5.32 Å². The van der Waals surface area contributed by atoms with Crippen LogP contribution in [0.3, 0.4) is 0 Å². The van der Waals surface area contributed by atoms with E-state index < -0.39 is 29.0 Å². The molecule has 108 valence electrons. The molecule has 1 N–H and O–H groups in total. The standard InChI is InChI=1S/C12H12ClF4N.ClH/c13-10-8(14)1-2-9(11(10)15)18-5-6-3-7(4-6)12(16)17;/h1-2,6-7,12,18H,3-5H2;1H. The second-order valence-corrected chi connectivity index (χ2v) is 4.91. The van der Waals surface area contributed by atoms with Crippen molar-refractivity contribution >= 4 is 29.7 Å². The van der Waals surface area contributed by atoms with E-state index in [-0.39, 0.29) is 24.0 Å². The third kappa shape index (κ3) is 3.66. The fourth-order valence-corrected chi connectivity index (χ4v) is 2.24. The van der Waals surface area contributed by atoms with Crippen molar-refractivity contribution in [2.24, 2.45) is 11.8 Å². The van der Waals surface area contributed by atoms with E-state index in [4.69, 9.17) is 11.6 Å². The summed E-state index contributed by atoms with van der Waals surface area (Å²) in [6.45, 7) is 0.391. The van der Waals surface area contributed by atoms with Gasteiger partial charge in [0.25, 0.3) is 0 Å². The lowest BCUT2D eigenvalue weighted by molar-refractivity contribution is 0.00636. The highest BCUT2D eigenvalue weighted by molar-refractivity contribution is 6.31. The summed E-state index contributed by atoms with van der Waals surface area (Å²) >= 11 is 5.42. The van der Waals surface area contributed by atoms with E-state index >= 15 is 0 Å². The van der Waals surface area contributed by atoms with Crippen molar-refractivity contribution < 1.29 is 17.6 Å². The first-order valence-corrected chi connectivity index (χ1v) is 6.02. The predicted molar refractivity (Wildman–Crippen MR) is 69.3 cm³/mol. The number of rotatable bonds is 4. The van der Waals surface area contributed by atoms with Crippen LogP contribution in [0.4, 0.5) is 23.2 Å². The lowest BCUT2D eigenvalue weighted by Gasteiger charge is -2.35. The van der Waals surface area contributed by atoms with Crippen LogP contribution >= 0.6 is 24.0 Å². The zero-order chi connectivity index (χ0) is 13.3. The van der Waals surface area contributed by atoms with E-state index in [0.29, 0.717) is 19.4 Å². The van der Waals surface area contributed by atoms with Gasteiger partial charge in [0.05, 0.1) is 5.69 Å². The van der Waals surface area contributed by atoms with Gasteiger partial charge in [-0.25, -0.2) is 17.6 Å². The molecule has 19 heavy (non-hydrogen) atoms. The molecular weight excluding hydrogens is 305 g/mol. The fraction of sp³-hybridized carbons (Fsp3) is 0.500. The SMILES string of the molecule is Cl.Fc1ccc(NCC2CC(C(F)F)C2)c(F)c1Cl. The quantitative estimate of drug-likeness (QED) is 0.624. The molecule has 1 aromatic carbocycles. The molecule has 0 bridgehead atoms. The monoisotopic (exact) mass is 317 g/mol. The van der Waals surface area contributed by atoms with Gasteiger partial charge in [0.2, 0.25) is 6.43 Å². The Labute approximate surface area is 119 Å². The lowest BCUT2D eigenvalue weighted by Crippen LogP contribution is -2.33. The van der Waals surface area contributed by atoms with E-state index in [1.807, 2.05) is 0 Å². The minimum atomic E-state index is -2.28. The smallest absolute Gasteiger partial charge is 0.241 e. The highest BCUT2D eigenvalue weighted by Crippen LogP contribution is 2.38. The van der Waals surface area contributed by atoms with Crippen molar-refractivity contribution in [2.75, 3.05) is 11.9 Å². The summed E-state index contributed by atoms with van der Waals surface area (Å²) in [4.78, 5) is 0. The maximum absolute atomic E-state index is 13.5. The Morgan fingerprint density at radius 3 is 2.47 bits per heavy atom. The molecule has 0 spiro atoms. The van der Waals surface area contributed by atoms with Crippen LogP contribution in [0.5, 0.6) is 0 Å². The van der Waals surface area contributed by atoms with Gasteiger partial charge in [0, 0.05) is 12.5 Å². The Kier molecular flexibility index (Phi) is 5.74. The van der Waals surface area contributed by atoms with Gasteiger partial charge in [-0.1, -0.05) is 11.6 Å². The van der Waals surface area contributed by atoms with Gasteiger partial charge in [-0.05, 0) is 30.9 Å². The average Bonchev–Trinajstić information content (AvgIpc) is 2.26. The molecule has 1 aromatic rings. The summed E-state index contributed by atoms with van der Waals surface area (Å²) in [6.07, 6.45) is -1.42. The average molecular weight is 318 g/mol. The number of alkyl halides is 2. The Morgan fingerprint density at radius 1 is 1.26 bits per heavy atom. The minimum absolute atomic E-state index is 0. The molecular formula is C12H13Cl2F4N. The first kappa shape index (κ1) is 16.4. The molecule has 1 aliphatic rings. The lowest BCUT2D eigenvalue weighted by atomic mass is 9.75. The molecule has 0 atom stereocenters. The van der Waals surface area contributed by atoms with Gasteiger partial charge in [-0.15, -0.1) is 12.4 Å². The molecule has 1 nitrogen and oxygen atoms in total. The zero-order valence-corrected chi connectivity index (χ0v) is 11.4. The summed E-state index contributed by atoms with van der Waals surface area (Å²) < 4.78 is 50.9. The van der Waals surface area contributed by atoms with Crippen LogP contribution in [0, 0.1) is 23.5 Å². The Morgan fingerprint density at radius 2 is 1.89 bits per heavy atom. The van der Waals surface area contributed by atoms with Crippen LogP contribution in [0.15, 0.2) is 12.1 Å². The van der Waals surface area contributed by atoms with E-state index in [1.165, 1.54) is 6.07 Å². The van der Waals surface area contributed by atoms with Gasteiger partial charge in [0.15, 0.2) is 5.82 Å². The summed E-state index contributed by atoms with van der Waals surface area (Å²) in [7, 11) is 0. The maximum Gasteiger partial charge on any atom is 0.241 e. The number of halogens is 6. The van der Waals surface area contributed by atoms with Crippen molar-refractivity contribution in [3.63, 3.8) is 0 Å². The van der Waals surface area contributed by atoms with E-state index in [0.717, 1.165) is 6.07 Å². The van der Waals surface area contributed by atoms with Crippen LogP contribution in [0.2, 0.25) is 5.02 Å². The molecule has 7 heteroatoms. The predicted octanol–water partition coefficient (Wildman–Crippen LogP) is 4.74. The molecule has 0 unspecified atom stereocenters. The summed E-state index contributed by atoms with van der Waals surface area (Å²) in [5.74, 6) is -2.10. The van der Waals surface area contributed by atoms with Crippen LogP contribution in [-0.2, 0) is 0 Å². The summed E-state index contributed by atoms with van der Waals surface area (Å²) in [6, 6.07) is 2.32. The molecule has 2 rings (SSSR count). The second kappa shape index (κ2) is 6.66. The Balaban J connectivity index is 0.00000180. The number of hydrogen-bond donors (Lipinski definition) is 1. The highest BCUT2D eigenvalue weighted by Gasteiger charge is 2.35. The maximum atomic E-state index is 13.5. The van der Waals surface area contributed by atoms with E-state index in [9.17, 15) is 17.6 Å². The first-order chi connectivity index (χ1) is 8.49. The van der Waals surface area contributed by atoms with Gasteiger partial charge in [0.1, 0.15) is 10.8 Å².